The maximum atomic E-state index is 12.9. The van der Waals surface area contributed by atoms with Gasteiger partial charge in [0.2, 0.25) is 0 Å². The van der Waals surface area contributed by atoms with Gasteiger partial charge in [0.25, 0.3) is 5.91 Å². The Labute approximate surface area is 196 Å². The van der Waals surface area contributed by atoms with Gasteiger partial charge in [-0.15, -0.1) is 0 Å². The molecular formula is C26H34N6O. The fraction of sp³-hybridized carbons (Fsp3) is 0.462. The van der Waals surface area contributed by atoms with Gasteiger partial charge in [0.15, 0.2) is 0 Å². The number of hydrogen-bond donors (Lipinski definition) is 2. The van der Waals surface area contributed by atoms with Gasteiger partial charge >= 0.3 is 0 Å². The second-order valence-electron chi connectivity index (χ2n) is 8.87. The van der Waals surface area contributed by atoms with Gasteiger partial charge in [0.1, 0.15) is 11.5 Å². The molecule has 33 heavy (non-hydrogen) atoms. The third-order valence-electron chi connectivity index (χ3n) is 6.31. The van der Waals surface area contributed by atoms with Crippen LogP contribution in [0.4, 0.5) is 11.5 Å². The van der Waals surface area contributed by atoms with Crippen molar-refractivity contribution < 1.29 is 4.79 Å². The summed E-state index contributed by atoms with van der Waals surface area (Å²) >= 11 is 0. The van der Waals surface area contributed by atoms with E-state index in [-0.39, 0.29) is 17.6 Å². The molecule has 7 nitrogen and oxygen atoms in total. The molecule has 2 aromatic heterocycles. The van der Waals surface area contributed by atoms with Crippen LogP contribution in [0.25, 0.3) is 10.9 Å². The summed E-state index contributed by atoms with van der Waals surface area (Å²) in [5.41, 5.74) is 3.06. The molecule has 174 valence electrons. The number of pyridine rings is 1. The summed E-state index contributed by atoms with van der Waals surface area (Å²) in [7, 11) is 0. The van der Waals surface area contributed by atoms with Gasteiger partial charge in [-0.25, -0.2) is 9.97 Å². The van der Waals surface area contributed by atoms with E-state index in [9.17, 15) is 4.79 Å². The molecule has 7 heteroatoms. The Morgan fingerprint density at radius 3 is 2.67 bits per heavy atom. The van der Waals surface area contributed by atoms with E-state index in [1.807, 2.05) is 18.2 Å². The largest absolute Gasteiger partial charge is 0.366 e. The monoisotopic (exact) mass is 446 g/mol. The number of hydrogen-bond acceptors (Lipinski definition) is 6. The molecule has 1 unspecified atom stereocenters. The highest BCUT2D eigenvalue weighted by Gasteiger charge is 2.25. The zero-order chi connectivity index (χ0) is 23.2. The smallest absolute Gasteiger partial charge is 0.275 e. The molecule has 1 saturated carbocycles. The van der Waals surface area contributed by atoms with E-state index in [2.05, 4.69) is 57.3 Å². The summed E-state index contributed by atoms with van der Waals surface area (Å²) in [5.74, 6) is 0.996. The second-order valence-corrected chi connectivity index (χ2v) is 8.87. The highest BCUT2D eigenvalue weighted by atomic mass is 16.1. The molecule has 0 bridgehead atoms. The summed E-state index contributed by atoms with van der Waals surface area (Å²) < 4.78 is 0. The zero-order valence-electron chi connectivity index (χ0n) is 19.8. The third-order valence-corrected chi connectivity index (χ3v) is 6.31. The van der Waals surface area contributed by atoms with Crippen LogP contribution in [-0.2, 0) is 0 Å². The number of carbonyl (C=O) groups excluding carboxylic acids is 1. The summed E-state index contributed by atoms with van der Waals surface area (Å²) in [5, 5.41) is 7.43. The van der Waals surface area contributed by atoms with Crippen LogP contribution in [0.1, 0.15) is 68.4 Å². The average Bonchev–Trinajstić information content (AvgIpc) is 3.68. The molecule has 2 heterocycles. The molecule has 4 rings (SSSR count). The topological polar surface area (TPSA) is 83.0 Å². The van der Waals surface area contributed by atoms with Crippen molar-refractivity contribution in [2.24, 2.45) is 0 Å². The number of amides is 1. The summed E-state index contributed by atoms with van der Waals surface area (Å²) in [6, 6.07) is 8.48. The van der Waals surface area contributed by atoms with Crippen LogP contribution < -0.4 is 10.6 Å². The van der Waals surface area contributed by atoms with Crippen molar-refractivity contribution >= 4 is 28.3 Å². The third kappa shape index (κ3) is 6.05. The lowest BCUT2D eigenvalue weighted by molar-refractivity contribution is 0.102. The number of carbonyl (C=O) groups is 1. The van der Waals surface area contributed by atoms with E-state index >= 15 is 0 Å². The van der Waals surface area contributed by atoms with Gasteiger partial charge in [0, 0.05) is 17.6 Å². The Morgan fingerprint density at radius 2 is 1.97 bits per heavy atom. The Balaban J connectivity index is 1.37. The maximum absolute atomic E-state index is 12.9. The van der Waals surface area contributed by atoms with Gasteiger partial charge < -0.3 is 15.5 Å². The molecule has 0 aliphatic heterocycles. The van der Waals surface area contributed by atoms with E-state index in [0.29, 0.717) is 11.7 Å². The van der Waals surface area contributed by atoms with Gasteiger partial charge in [-0.3, -0.25) is 9.78 Å². The zero-order valence-corrected chi connectivity index (χ0v) is 19.8. The van der Waals surface area contributed by atoms with Crippen LogP contribution >= 0.6 is 0 Å². The number of nitrogens with one attached hydrogen (secondary N) is 2. The highest BCUT2D eigenvalue weighted by molar-refractivity contribution is 6.07. The van der Waals surface area contributed by atoms with E-state index < -0.39 is 0 Å². The molecule has 0 spiro atoms. The number of fused-ring (bicyclic) bond motifs is 1. The number of anilines is 2. The van der Waals surface area contributed by atoms with Crippen molar-refractivity contribution in [3.05, 3.63) is 54.1 Å². The Bertz CT molecular complexity index is 1080. The predicted octanol–water partition coefficient (Wildman–Crippen LogP) is 5.08. The molecule has 1 atom stereocenters. The lowest BCUT2D eigenvalue weighted by Gasteiger charge is -2.20. The van der Waals surface area contributed by atoms with Crippen LogP contribution in [-0.4, -0.2) is 51.4 Å². The summed E-state index contributed by atoms with van der Waals surface area (Å²) in [6.45, 7) is 9.82. The van der Waals surface area contributed by atoms with E-state index in [0.717, 1.165) is 49.1 Å². The van der Waals surface area contributed by atoms with E-state index in [1.165, 1.54) is 24.6 Å². The quantitative estimate of drug-likeness (QED) is 0.428. The molecule has 1 aromatic carbocycles. The first-order chi connectivity index (χ1) is 16.1. The number of aromatic nitrogens is 3. The second kappa shape index (κ2) is 10.7. The van der Waals surface area contributed by atoms with Crippen LogP contribution in [0, 0.1) is 0 Å². The molecule has 2 N–H and O–H groups in total. The average molecular weight is 447 g/mol. The van der Waals surface area contributed by atoms with Gasteiger partial charge in [0.05, 0.1) is 23.6 Å². The summed E-state index contributed by atoms with van der Waals surface area (Å²) in [6.07, 6.45) is 9.50. The van der Waals surface area contributed by atoms with E-state index in [4.69, 9.17) is 0 Å². The lowest BCUT2D eigenvalue weighted by atomic mass is 10.1. The molecule has 3 aromatic rings. The fourth-order valence-electron chi connectivity index (χ4n) is 4.15. The standard InChI is InChI=1S/C26H34N6O/c1-4-32(5-2)13-7-8-18(3)30-24-17-28-23(16-29-24)26(33)31-22-15-21(19-10-11-19)14-20-9-6-12-27-25(20)22/h6,9,12,14-19H,4-5,7-8,10-11,13H2,1-3H3,(H,29,30)(H,31,33). The number of rotatable bonds is 11. The summed E-state index contributed by atoms with van der Waals surface area (Å²) in [4.78, 5) is 28.6. The van der Waals surface area contributed by atoms with Crippen molar-refractivity contribution in [2.45, 2.75) is 58.4 Å². The molecule has 1 amide bonds. The normalized spacial score (nSPS) is 14.4. The minimum atomic E-state index is -0.277. The molecule has 0 saturated heterocycles. The van der Waals surface area contributed by atoms with Gasteiger partial charge in [-0.05, 0) is 81.9 Å². The Kier molecular flexibility index (Phi) is 7.50. The van der Waals surface area contributed by atoms with Crippen molar-refractivity contribution in [2.75, 3.05) is 30.3 Å². The van der Waals surface area contributed by atoms with Crippen molar-refractivity contribution in [3.63, 3.8) is 0 Å². The molecule has 1 fully saturated rings. The minimum Gasteiger partial charge on any atom is -0.366 e. The highest BCUT2D eigenvalue weighted by Crippen LogP contribution is 2.42. The fourth-order valence-corrected chi connectivity index (χ4v) is 4.15. The Morgan fingerprint density at radius 1 is 1.15 bits per heavy atom. The van der Waals surface area contributed by atoms with Crippen molar-refractivity contribution in [1.82, 2.24) is 19.9 Å². The first kappa shape index (κ1) is 23.1. The predicted molar refractivity (Wildman–Crippen MR) is 134 cm³/mol. The molecular weight excluding hydrogens is 412 g/mol. The Hall–Kier alpha value is -3.06. The van der Waals surface area contributed by atoms with Crippen LogP contribution in [0.5, 0.6) is 0 Å². The molecule has 0 radical (unpaired) electrons. The maximum Gasteiger partial charge on any atom is 0.275 e. The van der Waals surface area contributed by atoms with E-state index in [1.54, 1.807) is 12.4 Å². The minimum absolute atomic E-state index is 0.277. The van der Waals surface area contributed by atoms with Crippen LogP contribution in [0.3, 0.4) is 0 Å². The van der Waals surface area contributed by atoms with Gasteiger partial charge in [-0.2, -0.15) is 0 Å². The van der Waals surface area contributed by atoms with Crippen molar-refractivity contribution in [1.29, 1.82) is 0 Å². The first-order valence-electron chi connectivity index (χ1n) is 12.1. The molecule has 1 aliphatic carbocycles. The SMILES string of the molecule is CCN(CC)CCCC(C)Nc1cnc(C(=O)Nc2cc(C3CC3)cc3cccnc23)cn1. The number of benzene rings is 1. The van der Waals surface area contributed by atoms with Crippen molar-refractivity contribution in [3.8, 4) is 0 Å². The molecule has 1 aliphatic rings. The number of nitrogens with zero attached hydrogens (tertiary/aromatic N) is 4. The lowest BCUT2D eigenvalue weighted by Crippen LogP contribution is -2.25. The van der Waals surface area contributed by atoms with Gasteiger partial charge in [-0.1, -0.05) is 19.9 Å². The first-order valence-corrected chi connectivity index (χ1v) is 12.1. The van der Waals surface area contributed by atoms with Crippen LogP contribution in [0.15, 0.2) is 42.9 Å². The van der Waals surface area contributed by atoms with Crippen LogP contribution in [0.2, 0.25) is 0 Å².